The maximum atomic E-state index is 10.1. The van der Waals surface area contributed by atoms with Crippen molar-refractivity contribution < 1.29 is 5.11 Å². The molecule has 0 aliphatic heterocycles. The van der Waals surface area contributed by atoms with Gasteiger partial charge in [-0.25, -0.2) is 0 Å². The second-order valence-electron chi connectivity index (χ2n) is 6.69. The average molecular weight is 194 g/mol. The summed E-state index contributed by atoms with van der Waals surface area (Å²) in [5.41, 5.74) is 0.577. The van der Waals surface area contributed by atoms with Gasteiger partial charge in [-0.2, -0.15) is 0 Å². The molecule has 0 amide bonds. The molecular weight excluding hydrogens is 172 g/mol. The van der Waals surface area contributed by atoms with E-state index in [9.17, 15) is 5.11 Å². The highest BCUT2D eigenvalue weighted by Gasteiger charge is 2.98. The Kier molecular flexibility index (Phi) is 1.36. The Morgan fingerprint density at radius 3 is 2.21 bits per heavy atom. The van der Waals surface area contributed by atoms with E-state index >= 15 is 0 Å². The molecule has 14 heavy (non-hydrogen) atoms. The molecule has 3 saturated carbocycles. The summed E-state index contributed by atoms with van der Waals surface area (Å²) in [5, 5.41) is 10.1. The molecule has 0 aromatic carbocycles. The van der Waals surface area contributed by atoms with Crippen molar-refractivity contribution in [2.24, 2.45) is 28.6 Å². The Hall–Kier alpha value is -0.0400. The summed E-state index contributed by atoms with van der Waals surface area (Å²) < 4.78 is 0. The molecule has 0 radical (unpaired) electrons. The lowest BCUT2D eigenvalue weighted by Gasteiger charge is -2.30. The molecule has 0 bridgehead atoms. The van der Waals surface area contributed by atoms with Crippen LogP contribution in [0.15, 0.2) is 0 Å². The largest absolute Gasteiger partial charge is 0.389 e. The summed E-state index contributed by atoms with van der Waals surface area (Å²) in [7, 11) is 0. The fourth-order valence-corrected chi connectivity index (χ4v) is 4.93. The second-order valence-corrected chi connectivity index (χ2v) is 6.69. The molecule has 3 aliphatic rings. The van der Waals surface area contributed by atoms with Gasteiger partial charge in [0, 0.05) is 11.3 Å². The molecule has 0 heterocycles. The van der Waals surface area contributed by atoms with E-state index in [1.54, 1.807) is 0 Å². The Morgan fingerprint density at radius 2 is 1.86 bits per heavy atom. The molecule has 2 unspecified atom stereocenters. The van der Waals surface area contributed by atoms with Gasteiger partial charge in [0.05, 0.1) is 5.60 Å². The van der Waals surface area contributed by atoms with E-state index in [4.69, 9.17) is 0 Å². The maximum Gasteiger partial charge on any atom is 0.0722 e. The van der Waals surface area contributed by atoms with E-state index in [1.165, 1.54) is 19.3 Å². The molecule has 3 rings (SSSR count). The van der Waals surface area contributed by atoms with Crippen molar-refractivity contribution in [2.45, 2.75) is 52.6 Å². The number of fused-ring (bicyclic) bond motifs is 3. The first kappa shape index (κ1) is 9.21. The molecule has 0 saturated heterocycles. The third-order valence-corrected chi connectivity index (χ3v) is 6.14. The van der Waals surface area contributed by atoms with Crippen LogP contribution in [0.1, 0.15) is 47.0 Å². The van der Waals surface area contributed by atoms with Gasteiger partial charge in [0.25, 0.3) is 0 Å². The van der Waals surface area contributed by atoms with Crippen molar-refractivity contribution in [1.82, 2.24) is 0 Å². The Morgan fingerprint density at radius 1 is 1.29 bits per heavy atom. The first-order valence-corrected chi connectivity index (χ1v) is 6.10. The van der Waals surface area contributed by atoms with Crippen LogP contribution in [-0.4, -0.2) is 10.7 Å². The Balaban J connectivity index is 1.76. The molecule has 1 heteroatoms. The van der Waals surface area contributed by atoms with Crippen molar-refractivity contribution in [1.29, 1.82) is 0 Å². The van der Waals surface area contributed by atoms with E-state index in [0.717, 1.165) is 11.8 Å². The fourth-order valence-electron chi connectivity index (χ4n) is 4.93. The van der Waals surface area contributed by atoms with Crippen LogP contribution in [0.2, 0.25) is 0 Å². The van der Waals surface area contributed by atoms with Crippen LogP contribution < -0.4 is 0 Å². The third-order valence-electron chi connectivity index (χ3n) is 6.14. The van der Waals surface area contributed by atoms with E-state index in [1.807, 2.05) is 6.92 Å². The number of hydrogen-bond donors (Lipinski definition) is 1. The van der Waals surface area contributed by atoms with Crippen LogP contribution in [0.5, 0.6) is 0 Å². The summed E-state index contributed by atoms with van der Waals surface area (Å²) in [6.45, 7) is 9.03. The molecule has 3 fully saturated rings. The van der Waals surface area contributed by atoms with Crippen molar-refractivity contribution in [3.63, 3.8) is 0 Å². The first-order valence-electron chi connectivity index (χ1n) is 6.10. The van der Waals surface area contributed by atoms with Gasteiger partial charge >= 0.3 is 0 Å². The molecule has 0 aromatic rings. The molecule has 1 spiro atoms. The smallest absolute Gasteiger partial charge is 0.0722 e. The summed E-state index contributed by atoms with van der Waals surface area (Å²) in [6.07, 6.45) is 4.18. The predicted molar refractivity (Wildman–Crippen MR) is 56.8 cm³/mol. The van der Waals surface area contributed by atoms with Gasteiger partial charge in [-0.1, -0.05) is 20.8 Å². The first-order chi connectivity index (χ1) is 6.38. The average Bonchev–Trinajstić information content (AvgIpc) is 2.70. The molecule has 5 atom stereocenters. The maximum absolute atomic E-state index is 10.1. The quantitative estimate of drug-likeness (QED) is 0.680. The molecule has 0 aromatic heterocycles. The van der Waals surface area contributed by atoms with E-state index in [2.05, 4.69) is 20.8 Å². The summed E-state index contributed by atoms with van der Waals surface area (Å²) in [6, 6.07) is 0. The zero-order valence-electron chi connectivity index (χ0n) is 9.80. The van der Waals surface area contributed by atoms with Gasteiger partial charge in [-0.15, -0.1) is 0 Å². The van der Waals surface area contributed by atoms with Crippen molar-refractivity contribution in [2.75, 3.05) is 0 Å². The number of hydrogen-bond acceptors (Lipinski definition) is 1. The van der Waals surface area contributed by atoms with E-state index in [0.29, 0.717) is 16.7 Å². The highest BCUT2D eigenvalue weighted by atomic mass is 16.3. The van der Waals surface area contributed by atoms with Crippen LogP contribution in [0.3, 0.4) is 0 Å². The van der Waals surface area contributed by atoms with Gasteiger partial charge in [0.1, 0.15) is 0 Å². The summed E-state index contributed by atoms with van der Waals surface area (Å²) in [5.74, 6) is 2.41. The van der Waals surface area contributed by atoms with Gasteiger partial charge in [0.15, 0.2) is 0 Å². The van der Waals surface area contributed by atoms with Crippen molar-refractivity contribution in [3.8, 4) is 0 Å². The Labute approximate surface area is 86.9 Å². The molecule has 80 valence electrons. The monoisotopic (exact) mass is 194 g/mol. The van der Waals surface area contributed by atoms with E-state index in [-0.39, 0.29) is 5.60 Å². The lowest BCUT2D eigenvalue weighted by molar-refractivity contribution is 0.0141. The van der Waals surface area contributed by atoms with Crippen LogP contribution >= 0.6 is 0 Å². The topological polar surface area (TPSA) is 20.2 Å². The molecule has 3 aliphatic carbocycles. The zero-order valence-corrected chi connectivity index (χ0v) is 9.80. The minimum Gasteiger partial charge on any atom is -0.389 e. The van der Waals surface area contributed by atoms with Crippen LogP contribution in [0.25, 0.3) is 0 Å². The normalized spacial score (nSPS) is 64.7. The van der Waals surface area contributed by atoms with Gasteiger partial charge in [0.2, 0.25) is 0 Å². The van der Waals surface area contributed by atoms with Gasteiger partial charge in [-0.05, 0) is 43.4 Å². The standard InChI is InChI=1S/C13H22O/c1-8(2)9-5-6-13(7-9)10-11(13,3)12(10,4)14/h8-10,14H,5-7H2,1-4H3/t9?,10?,11-,12+,13+/m1/s1. The Bertz CT molecular complexity index is 294. The minimum atomic E-state index is -0.307. The van der Waals surface area contributed by atoms with Gasteiger partial charge < -0.3 is 5.11 Å². The molecular formula is C13H22O. The molecule has 1 nitrogen and oxygen atoms in total. The minimum absolute atomic E-state index is 0.307. The number of rotatable bonds is 1. The lowest BCUT2D eigenvalue weighted by Crippen LogP contribution is -2.32. The highest BCUT2D eigenvalue weighted by molar-refractivity contribution is 5.46. The second kappa shape index (κ2) is 2.07. The van der Waals surface area contributed by atoms with Crippen molar-refractivity contribution in [3.05, 3.63) is 0 Å². The van der Waals surface area contributed by atoms with Gasteiger partial charge in [-0.3, -0.25) is 0 Å². The van der Waals surface area contributed by atoms with Crippen LogP contribution in [0, 0.1) is 28.6 Å². The van der Waals surface area contributed by atoms with Crippen molar-refractivity contribution >= 4 is 0 Å². The third kappa shape index (κ3) is 0.651. The lowest BCUT2D eigenvalue weighted by atomic mass is 9.78. The SMILES string of the molecule is CC(C)C1CC[C@]2(C1)C1[C@]2(C)[C@@]1(C)O. The highest BCUT2D eigenvalue weighted by Crippen LogP contribution is 2.96. The molecule has 1 N–H and O–H groups in total. The number of aliphatic hydroxyl groups is 1. The van der Waals surface area contributed by atoms with E-state index < -0.39 is 0 Å². The predicted octanol–water partition coefficient (Wildman–Crippen LogP) is 2.83. The van der Waals surface area contributed by atoms with Crippen LogP contribution in [-0.2, 0) is 0 Å². The summed E-state index contributed by atoms with van der Waals surface area (Å²) >= 11 is 0. The van der Waals surface area contributed by atoms with Crippen LogP contribution in [0.4, 0.5) is 0 Å². The summed E-state index contributed by atoms with van der Waals surface area (Å²) in [4.78, 5) is 0. The fraction of sp³-hybridized carbons (Fsp3) is 1.00. The zero-order chi connectivity index (χ0) is 10.4.